The summed E-state index contributed by atoms with van der Waals surface area (Å²) in [7, 11) is 0. The van der Waals surface area contributed by atoms with E-state index in [0.29, 0.717) is 12.1 Å². The number of amides is 2. The Bertz CT molecular complexity index is 789. The normalized spacial score (nSPS) is 20.9. The molecule has 1 saturated carbocycles. The molecule has 2 amide bonds. The highest BCUT2D eigenvalue weighted by Crippen LogP contribution is 2.59. The molecule has 1 saturated heterocycles. The van der Waals surface area contributed by atoms with Crippen LogP contribution >= 0.6 is 0 Å². The Kier molecular flexibility index (Phi) is 5.58. The molecule has 0 aromatic carbocycles. The van der Waals surface area contributed by atoms with Gasteiger partial charge in [-0.15, -0.1) is 0 Å². The zero-order chi connectivity index (χ0) is 22.3. The van der Waals surface area contributed by atoms with Crippen molar-refractivity contribution in [3.63, 3.8) is 0 Å². The molecular formula is C17H18F6N4O3. The van der Waals surface area contributed by atoms with Gasteiger partial charge in [0, 0.05) is 19.0 Å². The van der Waals surface area contributed by atoms with Crippen LogP contribution in [0.4, 0.5) is 37.0 Å². The number of aryl methyl sites for hydroxylation is 1. The summed E-state index contributed by atoms with van der Waals surface area (Å²) in [5.74, 6) is -0.394. The summed E-state index contributed by atoms with van der Waals surface area (Å²) in [6, 6.07) is 0. The molecule has 7 nitrogen and oxygen atoms in total. The van der Waals surface area contributed by atoms with Crippen LogP contribution < -0.4 is 5.32 Å². The van der Waals surface area contributed by atoms with E-state index in [9.17, 15) is 35.9 Å². The van der Waals surface area contributed by atoms with Crippen molar-refractivity contribution in [1.29, 1.82) is 0 Å². The van der Waals surface area contributed by atoms with E-state index in [0.717, 1.165) is 4.90 Å². The fourth-order valence-electron chi connectivity index (χ4n) is 3.57. The van der Waals surface area contributed by atoms with Crippen molar-refractivity contribution in [3.8, 4) is 0 Å². The maximum atomic E-state index is 12.5. The van der Waals surface area contributed by atoms with Crippen LogP contribution in [0.1, 0.15) is 25.0 Å². The van der Waals surface area contributed by atoms with Gasteiger partial charge in [-0.3, -0.25) is 9.78 Å². The highest BCUT2D eigenvalue weighted by atomic mass is 19.4. The SMILES string of the molecule is Cc1cnc(NC(=O)[C@H]2CC23CCN(C(=O)OC(C(F)(F)F)C(F)(F)F)CC3)cn1. The maximum absolute atomic E-state index is 12.5. The lowest BCUT2D eigenvalue weighted by Gasteiger charge is -2.33. The van der Waals surface area contributed by atoms with E-state index in [1.807, 2.05) is 0 Å². The number of halogens is 6. The van der Waals surface area contributed by atoms with Gasteiger partial charge in [0.1, 0.15) is 0 Å². The van der Waals surface area contributed by atoms with Gasteiger partial charge in [-0.2, -0.15) is 26.3 Å². The molecule has 2 heterocycles. The van der Waals surface area contributed by atoms with Crippen LogP contribution in [-0.4, -0.2) is 58.4 Å². The van der Waals surface area contributed by atoms with Crippen molar-refractivity contribution in [1.82, 2.24) is 14.9 Å². The number of alkyl halides is 6. The maximum Gasteiger partial charge on any atom is 0.434 e. The lowest BCUT2D eigenvalue weighted by molar-refractivity contribution is -0.308. The molecule has 3 rings (SSSR count). The Labute approximate surface area is 166 Å². The molecule has 2 aliphatic rings. The number of anilines is 1. The number of nitrogens with zero attached hydrogens (tertiary/aromatic N) is 3. The highest BCUT2D eigenvalue weighted by molar-refractivity contribution is 5.94. The van der Waals surface area contributed by atoms with Crippen molar-refractivity contribution in [3.05, 3.63) is 18.1 Å². The highest BCUT2D eigenvalue weighted by Gasteiger charge is 2.61. The lowest BCUT2D eigenvalue weighted by Crippen LogP contribution is -2.49. The number of aromatic nitrogens is 2. The first-order valence-electron chi connectivity index (χ1n) is 9.00. The zero-order valence-corrected chi connectivity index (χ0v) is 15.7. The van der Waals surface area contributed by atoms with E-state index in [2.05, 4.69) is 20.0 Å². The Balaban J connectivity index is 1.53. The van der Waals surface area contributed by atoms with Gasteiger partial charge in [-0.05, 0) is 31.6 Å². The van der Waals surface area contributed by atoms with Gasteiger partial charge in [-0.25, -0.2) is 9.78 Å². The molecule has 0 radical (unpaired) electrons. The number of nitrogens with one attached hydrogen (secondary N) is 1. The number of hydrogen-bond donors (Lipinski definition) is 1. The van der Waals surface area contributed by atoms with Crippen molar-refractivity contribution >= 4 is 17.8 Å². The second-order valence-electron chi connectivity index (χ2n) is 7.49. The van der Waals surface area contributed by atoms with Gasteiger partial charge in [-0.1, -0.05) is 0 Å². The molecule has 1 atom stereocenters. The first-order valence-corrected chi connectivity index (χ1v) is 9.00. The quantitative estimate of drug-likeness (QED) is 0.728. The third-order valence-corrected chi connectivity index (χ3v) is 5.37. The molecule has 0 unspecified atom stereocenters. The summed E-state index contributed by atoms with van der Waals surface area (Å²) in [5, 5.41) is 2.63. The number of hydrogen-bond acceptors (Lipinski definition) is 5. The van der Waals surface area contributed by atoms with Crippen LogP contribution in [0.25, 0.3) is 0 Å². The Morgan fingerprint density at radius 2 is 1.73 bits per heavy atom. The van der Waals surface area contributed by atoms with Crippen LogP contribution in [0.2, 0.25) is 0 Å². The summed E-state index contributed by atoms with van der Waals surface area (Å²) < 4.78 is 79.0. The Hall–Kier alpha value is -2.60. The smallest absolute Gasteiger partial charge is 0.426 e. The topological polar surface area (TPSA) is 84.4 Å². The molecule has 0 bridgehead atoms. The van der Waals surface area contributed by atoms with E-state index in [4.69, 9.17) is 0 Å². The van der Waals surface area contributed by atoms with E-state index < -0.39 is 30.0 Å². The van der Waals surface area contributed by atoms with Crippen molar-refractivity contribution in [2.75, 3.05) is 18.4 Å². The largest absolute Gasteiger partial charge is 0.434 e. The second-order valence-corrected chi connectivity index (χ2v) is 7.49. The summed E-state index contributed by atoms with van der Waals surface area (Å²) in [5.41, 5.74) is 0.236. The lowest BCUT2D eigenvalue weighted by atomic mass is 9.91. The van der Waals surface area contributed by atoms with Gasteiger partial charge in [0.25, 0.3) is 6.10 Å². The van der Waals surface area contributed by atoms with E-state index in [1.54, 1.807) is 6.92 Å². The van der Waals surface area contributed by atoms with E-state index >= 15 is 0 Å². The molecule has 166 valence electrons. The average molecular weight is 440 g/mol. The fourth-order valence-corrected chi connectivity index (χ4v) is 3.57. The molecule has 1 aliphatic heterocycles. The number of carbonyl (C=O) groups excluding carboxylic acids is 2. The molecule has 1 aliphatic carbocycles. The van der Waals surface area contributed by atoms with Crippen LogP contribution in [-0.2, 0) is 9.53 Å². The molecular weight excluding hydrogens is 422 g/mol. The minimum absolute atomic E-state index is 0.102. The summed E-state index contributed by atoms with van der Waals surface area (Å²) in [4.78, 5) is 33.0. The van der Waals surface area contributed by atoms with Crippen molar-refractivity contribution in [2.45, 2.75) is 44.6 Å². The van der Waals surface area contributed by atoms with Crippen molar-refractivity contribution in [2.24, 2.45) is 11.3 Å². The van der Waals surface area contributed by atoms with Gasteiger partial charge in [0.2, 0.25) is 5.91 Å². The molecule has 1 N–H and O–H groups in total. The van der Waals surface area contributed by atoms with Crippen LogP contribution in [0.15, 0.2) is 12.4 Å². The van der Waals surface area contributed by atoms with Crippen LogP contribution in [0.5, 0.6) is 0 Å². The predicted octanol–water partition coefficient (Wildman–Crippen LogP) is 3.46. The molecule has 1 spiro atoms. The Morgan fingerprint density at radius 3 is 2.23 bits per heavy atom. The first-order chi connectivity index (χ1) is 13.8. The van der Waals surface area contributed by atoms with Crippen molar-refractivity contribution < 1.29 is 40.7 Å². The van der Waals surface area contributed by atoms with Crippen LogP contribution in [0.3, 0.4) is 0 Å². The second kappa shape index (κ2) is 7.58. The third-order valence-electron chi connectivity index (χ3n) is 5.37. The summed E-state index contributed by atoms with van der Waals surface area (Å²) in [6.07, 6.45) is -13.5. The van der Waals surface area contributed by atoms with Gasteiger partial charge >= 0.3 is 18.4 Å². The monoisotopic (exact) mass is 440 g/mol. The zero-order valence-electron chi connectivity index (χ0n) is 15.7. The average Bonchev–Trinajstić information content (AvgIpc) is 3.33. The summed E-state index contributed by atoms with van der Waals surface area (Å²) >= 11 is 0. The fraction of sp³-hybridized carbons (Fsp3) is 0.647. The number of rotatable bonds is 3. The van der Waals surface area contributed by atoms with Gasteiger partial charge in [0.05, 0.1) is 18.1 Å². The molecule has 1 aromatic heterocycles. The number of likely N-dealkylation sites (tertiary alicyclic amines) is 1. The van der Waals surface area contributed by atoms with Gasteiger partial charge < -0.3 is 15.0 Å². The van der Waals surface area contributed by atoms with Gasteiger partial charge in [0.15, 0.2) is 5.82 Å². The third kappa shape index (κ3) is 4.75. The minimum Gasteiger partial charge on any atom is -0.426 e. The molecule has 1 aromatic rings. The predicted molar refractivity (Wildman–Crippen MR) is 89.1 cm³/mol. The number of ether oxygens (including phenoxy) is 1. The molecule has 13 heteroatoms. The van der Waals surface area contributed by atoms with E-state index in [-0.39, 0.29) is 43.6 Å². The first kappa shape index (κ1) is 22.1. The summed E-state index contributed by atoms with van der Waals surface area (Å²) in [6.45, 7) is 1.53. The number of piperidine rings is 1. The van der Waals surface area contributed by atoms with E-state index in [1.165, 1.54) is 12.4 Å². The standard InChI is InChI=1S/C17H18F6N4O3/c1-9-7-25-11(8-24-9)26-12(28)10-6-15(10)2-4-27(5-3-15)14(29)30-13(16(18,19)20)17(21,22)23/h7-8,10,13H,2-6H2,1H3,(H,25,26,28)/t10-/m1/s1. The van der Waals surface area contributed by atoms with Crippen LogP contribution in [0, 0.1) is 18.3 Å². The minimum atomic E-state index is -5.76. The molecule has 2 fully saturated rings. The Morgan fingerprint density at radius 1 is 1.13 bits per heavy atom. The number of carbonyl (C=O) groups is 2. The molecule has 30 heavy (non-hydrogen) atoms.